The number of rotatable bonds is 5. The molecule has 0 bridgehead atoms. The second kappa shape index (κ2) is 7.61. The minimum absolute atomic E-state index is 0.629. The molecule has 1 saturated carbocycles. The molecular weight excluding hydrogens is 284 g/mol. The molecule has 0 unspecified atom stereocenters. The summed E-state index contributed by atoms with van der Waals surface area (Å²) in [4.78, 5) is 2.47. The normalized spacial score (nSPS) is 21.8. The van der Waals surface area contributed by atoms with Crippen LogP contribution in [0.4, 0.5) is 0 Å². The molecule has 2 heterocycles. The summed E-state index contributed by atoms with van der Waals surface area (Å²) < 4.78 is 7.60. The van der Waals surface area contributed by atoms with Crippen LogP contribution in [0.15, 0.2) is 5.16 Å². The van der Waals surface area contributed by atoms with Gasteiger partial charge in [-0.1, -0.05) is 31.0 Å². The first kappa shape index (κ1) is 15.3. The van der Waals surface area contributed by atoms with Crippen molar-refractivity contribution in [2.75, 3.05) is 38.6 Å². The minimum Gasteiger partial charge on any atom is -0.379 e. The van der Waals surface area contributed by atoms with Gasteiger partial charge in [-0.2, -0.15) is 0 Å². The van der Waals surface area contributed by atoms with E-state index in [1.807, 2.05) is 11.8 Å². The molecule has 2 fully saturated rings. The van der Waals surface area contributed by atoms with Gasteiger partial charge in [0, 0.05) is 38.4 Å². The highest BCUT2D eigenvalue weighted by molar-refractivity contribution is 7.99. The Morgan fingerprint density at radius 3 is 2.67 bits per heavy atom. The zero-order valence-corrected chi connectivity index (χ0v) is 13.8. The second-order valence-electron chi connectivity index (χ2n) is 6.04. The fourth-order valence-corrected chi connectivity index (χ4v) is 4.18. The van der Waals surface area contributed by atoms with Gasteiger partial charge in [-0.15, -0.1) is 10.2 Å². The zero-order valence-electron chi connectivity index (χ0n) is 13.0. The van der Waals surface area contributed by atoms with Gasteiger partial charge in [0.25, 0.3) is 0 Å². The maximum atomic E-state index is 5.38. The molecule has 1 aromatic rings. The Hall–Kier alpha value is -0.590. The molecule has 6 heteroatoms. The molecule has 1 aliphatic carbocycles. The molecule has 1 aromatic heterocycles. The summed E-state index contributed by atoms with van der Waals surface area (Å²) in [5.74, 6) is 2.91. The smallest absolute Gasteiger partial charge is 0.191 e. The van der Waals surface area contributed by atoms with Gasteiger partial charge in [-0.05, 0) is 12.8 Å². The number of ether oxygens (including phenoxy) is 1. The molecule has 0 atom stereocenters. The summed E-state index contributed by atoms with van der Waals surface area (Å²) in [6.45, 7) is 4.99. The first-order valence-electron chi connectivity index (χ1n) is 8.17. The van der Waals surface area contributed by atoms with Crippen molar-refractivity contribution in [3.8, 4) is 0 Å². The van der Waals surface area contributed by atoms with E-state index < -0.39 is 0 Å². The summed E-state index contributed by atoms with van der Waals surface area (Å²) in [6, 6.07) is 0. The minimum atomic E-state index is 0.629. The fraction of sp³-hybridized carbons (Fsp3) is 0.867. The van der Waals surface area contributed by atoms with Gasteiger partial charge in [0.05, 0.1) is 13.2 Å². The van der Waals surface area contributed by atoms with E-state index in [0.717, 1.165) is 43.8 Å². The SMILES string of the molecule is Cn1c(SCCN2CCOCC2)nnc1C1CCCCC1. The van der Waals surface area contributed by atoms with Crippen molar-refractivity contribution in [1.82, 2.24) is 19.7 Å². The zero-order chi connectivity index (χ0) is 14.5. The Bertz CT molecular complexity index is 439. The summed E-state index contributed by atoms with van der Waals surface area (Å²) in [5, 5.41) is 9.94. The molecule has 1 aliphatic heterocycles. The highest BCUT2D eigenvalue weighted by Gasteiger charge is 2.21. The lowest BCUT2D eigenvalue weighted by Crippen LogP contribution is -2.37. The van der Waals surface area contributed by atoms with Crippen LogP contribution in [0.3, 0.4) is 0 Å². The molecule has 0 amide bonds. The lowest BCUT2D eigenvalue weighted by Gasteiger charge is -2.26. The molecule has 0 radical (unpaired) electrons. The van der Waals surface area contributed by atoms with Gasteiger partial charge < -0.3 is 9.30 Å². The summed E-state index contributed by atoms with van der Waals surface area (Å²) in [5.41, 5.74) is 0. The highest BCUT2D eigenvalue weighted by Crippen LogP contribution is 2.32. The summed E-state index contributed by atoms with van der Waals surface area (Å²) in [7, 11) is 2.13. The highest BCUT2D eigenvalue weighted by atomic mass is 32.2. The first-order valence-corrected chi connectivity index (χ1v) is 9.15. The third-order valence-corrected chi connectivity index (χ3v) is 5.58. The van der Waals surface area contributed by atoms with E-state index >= 15 is 0 Å². The van der Waals surface area contributed by atoms with E-state index in [1.54, 1.807) is 0 Å². The average molecular weight is 310 g/mol. The Morgan fingerprint density at radius 1 is 1.14 bits per heavy atom. The quantitative estimate of drug-likeness (QED) is 0.781. The third kappa shape index (κ3) is 3.99. The van der Waals surface area contributed by atoms with E-state index in [2.05, 4.69) is 26.7 Å². The predicted molar refractivity (Wildman–Crippen MR) is 84.8 cm³/mol. The average Bonchev–Trinajstić information content (AvgIpc) is 2.90. The van der Waals surface area contributed by atoms with Crippen LogP contribution in [0.2, 0.25) is 0 Å². The standard InChI is InChI=1S/C15H26N4OS/c1-18-14(13-5-3-2-4-6-13)16-17-15(18)21-12-9-19-7-10-20-11-8-19/h13H,2-12H2,1H3. The lowest BCUT2D eigenvalue weighted by atomic mass is 9.89. The van der Waals surface area contributed by atoms with Gasteiger partial charge in [-0.3, -0.25) is 4.90 Å². The summed E-state index contributed by atoms with van der Waals surface area (Å²) >= 11 is 1.83. The van der Waals surface area contributed by atoms with Crippen LogP contribution in [-0.2, 0) is 11.8 Å². The first-order chi connectivity index (χ1) is 10.3. The number of hydrogen-bond acceptors (Lipinski definition) is 5. The third-order valence-electron chi connectivity index (χ3n) is 4.58. The maximum absolute atomic E-state index is 5.38. The fourth-order valence-electron chi connectivity index (χ4n) is 3.26. The lowest BCUT2D eigenvalue weighted by molar-refractivity contribution is 0.0410. The number of aromatic nitrogens is 3. The van der Waals surface area contributed by atoms with Crippen LogP contribution < -0.4 is 0 Å². The van der Waals surface area contributed by atoms with E-state index in [-0.39, 0.29) is 0 Å². The number of morpholine rings is 1. The van der Waals surface area contributed by atoms with Crippen LogP contribution in [-0.4, -0.2) is 58.3 Å². The van der Waals surface area contributed by atoms with Crippen molar-refractivity contribution in [2.24, 2.45) is 7.05 Å². The molecule has 3 rings (SSSR count). The Labute approximate surface area is 131 Å². The molecular formula is C15H26N4OS. The number of hydrogen-bond donors (Lipinski definition) is 0. The predicted octanol–water partition coefficient (Wildman–Crippen LogP) is 2.29. The van der Waals surface area contributed by atoms with E-state index in [9.17, 15) is 0 Å². The van der Waals surface area contributed by atoms with Gasteiger partial charge >= 0.3 is 0 Å². The molecule has 1 saturated heterocycles. The topological polar surface area (TPSA) is 43.2 Å². The molecule has 5 nitrogen and oxygen atoms in total. The van der Waals surface area contributed by atoms with E-state index in [4.69, 9.17) is 4.74 Å². The van der Waals surface area contributed by atoms with Gasteiger partial charge in [0.15, 0.2) is 5.16 Å². The van der Waals surface area contributed by atoms with Gasteiger partial charge in [-0.25, -0.2) is 0 Å². The number of thioether (sulfide) groups is 1. The molecule has 0 spiro atoms. The van der Waals surface area contributed by atoms with Crippen molar-refractivity contribution >= 4 is 11.8 Å². The van der Waals surface area contributed by atoms with Crippen LogP contribution in [0, 0.1) is 0 Å². The molecule has 0 aromatic carbocycles. The van der Waals surface area contributed by atoms with E-state index in [0.29, 0.717) is 5.92 Å². The molecule has 2 aliphatic rings. The summed E-state index contributed by atoms with van der Waals surface area (Å²) in [6.07, 6.45) is 6.64. The monoisotopic (exact) mass is 310 g/mol. The Morgan fingerprint density at radius 2 is 1.90 bits per heavy atom. The molecule has 0 N–H and O–H groups in total. The van der Waals surface area contributed by atoms with Gasteiger partial charge in [0.2, 0.25) is 0 Å². The van der Waals surface area contributed by atoms with Crippen molar-refractivity contribution in [3.05, 3.63) is 5.82 Å². The van der Waals surface area contributed by atoms with E-state index in [1.165, 1.54) is 37.9 Å². The van der Waals surface area contributed by atoms with Crippen molar-refractivity contribution in [2.45, 2.75) is 43.2 Å². The maximum Gasteiger partial charge on any atom is 0.191 e. The molecule has 118 valence electrons. The van der Waals surface area contributed by atoms with Crippen molar-refractivity contribution in [3.63, 3.8) is 0 Å². The van der Waals surface area contributed by atoms with Gasteiger partial charge in [0.1, 0.15) is 5.82 Å². The number of nitrogens with zero attached hydrogens (tertiary/aromatic N) is 4. The largest absolute Gasteiger partial charge is 0.379 e. The van der Waals surface area contributed by atoms with Crippen molar-refractivity contribution < 1.29 is 4.74 Å². The Kier molecular flexibility index (Phi) is 5.55. The molecule has 21 heavy (non-hydrogen) atoms. The van der Waals surface area contributed by atoms with Crippen LogP contribution in [0.5, 0.6) is 0 Å². The van der Waals surface area contributed by atoms with Crippen LogP contribution >= 0.6 is 11.8 Å². The second-order valence-corrected chi connectivity index (χ2v) is 7.10. The van der Waals surface area contributed by atoms with Crippen LogP contribution in [0.1, 0.15) is 43.8 Å². The Balaban J connectivity index is 1.50. The van der Waals surface area contributed by atoms with Crippen LogP contribution in [0.25, 0.3) is 0 Å². The van der Waals surface area contributed by atoms with Crippen molar-refractivity contribution in [1.29, 1.82) is 0 Å².